The number of hydrogen-bond acceptors (Lipinski definition) is 6. The van der Waals surface area contributed by atoms with Crippen LogP contribution in [0.3, 0.4) is 0 Å². The summed E-state index contributed by atoms with van der Waals surface area (Å²) < 4.78 is 17.5. The first-order valence-corrected chi connectivity index (χ1v) is 11.7. The largest absolute Gasteiger partial charge is 0.461 e. The highest BCUT2D eigenvalue weighted by Crippen LogP contribution is 2.64. The van der Waals surface area contributed by atoms with Crippen LogP contribution in [0.5, 0.6) is 0 Å². The molecule has 0 saturated carbocycles. The molecule has 3 aromatic rings. The second-order valence-corrected chi connectivity index (χ2v) is 9.47. The minimum atomic E-state index is -0.836. The first-order chi connectivity index (χ1) is 15.3. The maximum absolute atomic E-state index is 12.2. The molecule has 1 saturated heterocycles. The lowest BCUT2D eigenvalue weighted by molar-refractivity contribution is -0.133. The molecule has 7 heteroatoms. The molecule has 2 unspecified atom stereocenters. The van der Waals surface area contributed by atoms with Gasteiger partial charge in [-0.3, -0.25) is 4.90 Å². The number of esters is 1. The Kier molecular flexibility index (Phi) is 5.73. The van der Waals surface area contributed by atoms with Gasteiger partial charge in [-0.05, 0) is 17.9 Å². The predicted molar refractivity (Wildman–Crippen MR) is 127 cm³/mol. The summed E-state index contributed by atoms with van der Waals surface area (Å²) in [4.78, 5) is 18.7. The van der Waals surface area contributed by atoms with Crippen molar-refractivity contribution < 1.29 is 18.4 Å². The molecular formula is C25H30N2O4Si. The topological polar surface area (TPSA) is 64.8 Å². The van der Waals surface area contributed by atoms with Gasteiger partial charge < -0.3 is 13.6 Å². The monoisotopic (exact) mass is 450 g/mol. The average molecular weight is 451 g/mol. The van der Waals surface area contributed by atoms with Crippen molar-refractivity contribution in [3.8, 4) is 0 Å². The van der Waals surface area contributed by atoms with Crippen molar-refractivity contribution in [3.63, 3.8) is 0 Å². The summed E-state index contributed by atoms with van der Waals surface area (Å²) in [7, 11) is 0.490. The van der Waals surface area contributed by atoms with Crippen LogP contribution in [-0.2, 0) is 20.3 Å². The van der Waals surface area contributed by atoms with Crippen molar-refractivity contribution in [1.82, 2.24) is 4.98 Å². The molecule has 1 aliphatic rings. The summed E-state index contributed by atoms with van der Waals surface area (Å²) in [6.07, 6.45) is 1.36. The third-order valence-corrected chi connectivity index (χ3v) is 7.16. The molecule has 0 radical (unpaired) electrons. The number of rotatable bonds is 6. The number of aromatic nitrogens is 1. The summed E-state index contributed by atoms with van der Waals surface area (Å²) in [6, 6.07) is 21.1. The van der Waals surface area contributed by atoms with Crippen LogP contribution in [0, 0.1) is 5.41 Å². The molecule has 6 nitrogen and oxygen atoms in total. The van der Waals surface area contributed by atoms with Crippen LogP contribution >= 0.6 is 0 Å². The third-order valence-electron chi connectivity index (χ3n) is 6.57. The normalized spacial score (nSPS) is 23.1. The van der Waals surface area contributed by atoms with Crippen molar-refractivity contribution in [2.75, 3.05) is 18.1 Å². The molecule has 1 aromatic heterocycles. The molecule has 2 atom stereocenters. The molecule has 0 bridgehead atoms. The number of carbonyl (C=O) groups is 1. The van der Waals surface area contributed by atoms with E-state index in [-0.39, 0.29) is 23.1 Å². The fourth-order valence-corrected chi connectivity index (χ4v) is 5.95. The highest BCUT2D eigenvalue weighted by molar-refractivity contribution is 5.99. The minimum absolute atomic E-state index is 0.158. The fourth-order valence-electron chi connectivity index (χ4n) is 5.14. The molecule has 168 valence electrons. The standard InChI is InChI=1S/C25H30N2O4Si/c1-5-29-21(28)20-16-30-22(26-20)27-17-24(23(2,3)4,18-12-8-6-9-13-18)25(27,31-32)19-14-10-7-11-15-19/h6-16H,5,17H2,1-4,32H3. The van der Waals surface area contributed by atoms with E-state index in [9.17, 15) is 4.79 Å². The lowest BCUT2D eigenvalue weighted by Gasteiger charge is -2.69. The number of ether oxygens (including phenoxy) is 1. The Labute approximate surface area is 192 Å². The number of hydrogen-bond donors (Lipinski definition) is 0. The van der Waals surface area contributed by atoms with E-state index >= 15 is 0 Å². The van der Waals surface area contributed by atoms with Gasteiger partial charge in [-0.25, -0.2) is 4.79 Å². The van der Waals surface area contributed by atoms with Crippen LogP contribution in [0.25, 0.3) is 0 Å². The van der Waals surface area contributed by atoms with Crippen LogP contribution < -0.4 is 4.90 Å². The number of carbonyl (C=O) groups excluding carboxylic acids is 1. The van der Waals surface area contributed by atoms with E-state index < -0.39 is 11.7 Å². The van der Waals surface area contributed by atoms with Gasteiger partial charge in [0, 0.05) is 12.1 Å². The maximum atomic E-state index is 12.2. The SMILES string of the molecule is CCOC(=O)c1coc(N2CC(c3ccccc3)(C(C)(C)C)C2(O[SiH3])c2ccccc2)n1. The van der Waals surface area contributed by atoms with Crippen molar-refractivity contribution in [2.45, 2.75) is 38.8 Å². The Bertz CT molecular complexity index is 1080. The lowest BCUT2D eigenvalue weighted by Crippen LogP contribution is -2.80. The first-order valence-electron chi connectivity index (χ1n) is 10.9. The highest BCUT2D eigenvalue weighted by Gasteiger charge is 2.72. The van der Waals surface area contributed by atoms with Gasteiger partial charge in [0.15, 0.2) is 11.4 Å². The summed E-state index contributed by atoms with van der Waals surface area (Å²) in [6.45, 7) is 9.41. The van der Waals surface area contributed by atoms with Crippen LogP contribution in [0.4, 0.5) is 6.01 Å². The molecule has 2 aromatic carbocycles. The van der Waals surface area contributed by atoms with Crippen LogP contribution in [0.1, 0.15) is 49.3 Å². The zero-order valence-electron chi connectivity index (χ0n) is 19.3. The van der Waals surface area contributed by atoms with Crippen LogP contribution in [0.15, 0.2) is 71.3 Å². The van der Waals surface area contributed by atoms with Crippen molar-refractivity contribution in [1.29, 1.82) is 0 Å². The summed E-state index contributed by atoms with van der Waals surface area (Å²) in [5, 5.41) is 0. The van der Waals surface area contributed by atoms with E-state index in [1.165, 1.54) is 11.8 Å². The van der Waals surface area contributed by atoms with E-state index in [4.69, 9.17) is 13.6 Å². The van der Waals surface area contributed by atoms with Gasteiger partial charge in [-0.2, -0.15) is 4.98 Å². The molecule has 0 aliphatic carbocycles. The zero-order valence-corrected chi connectivity index (χ0v) is 21.3. The van der Waals surface area contributed by atoms with Gasteiger partial charge in [0.05, 0.1) is 12.0 Å². The molecule has 0 N–H and O–H groups in total. The predicted octanol–water partition coefficient (Wildman–Crippen LogP) is 3.81. The summed E-state index contributed by atoms with van der Waals surface area (Å²) >= 11 is 0. The van der Waals surface area contributed by atoms with Gasteiger partial charge in [0.2, 0.25) is 0 Å². The van der Waals surface area contributed by atoms with Gasteiger partial charge in [-0.15, -0.1) is 0 Å². The number of nitrogens with zero attached hydrogens (tertiary/aromatic N) is 2. The molecule has 2 heterocycles. The van der Waals surface area contributed by atoms with Crippen molar-refractivity contribution in [2.24, 2.45) is 5.41 Å². The van der Waals surface area contributed by atoms with Crippen LogP contribution in [-0.4, -0.2) is 34.6 Å². The number of anilines is 1. The Morgan fingerprint density at radius 2 is 1.69 bits per heavy atom. The van der Waals surface area contributed by atoms with Crippen LogP contribution in [0.2, 0.25) is 0 Å². The van der Waals surface area contributed by atoms with E-state index in [0.717, 1.165) is 5.56 Å². The number of oxazole rings is 1. The van der Waals surface area contributed by atoms with Gasteiger partial charge >= 0.3 is 12.0 Å². The Balaban J connectivity index is 1.92. The molecule has 0 spiro atoms. The third kappa shape index (κ3) is 3.10. The Morgan fingerprint density at radius 3 is 2.22 bits per heavy atom. The number of benzene rings is 2. The lowest BCUT2D eigenvalue weighted by atomic mass is 9.50. The van der Waals surface area contributed by atoms with Crippen molar-refractivity contribution >= 4 is 22.5 Å². The Morgan fingerprint density at radius 1 is 1.09 bits per heavy atom. The smallest absolute Gasteiger partial charge is 0.360 e. The van der Waals surface area contributed by atoms with Gasteiger partial charge in [0.1, 0.15) is 16.7 Å². The quantitative estimate of drug-likeness (QED) is 0.420. The molecule has 1 fully saturated rings. The minimum Gasteiger partial charge on any atom is -0.461 e. The maximum Gasteiger partial charge on any atom is 0.360 e. The second kappa shape index (κ2) is 8.22. The molecule has 1 aliphatic heterocycles. The molecule has 32 heavy (non-hydrogen) atoms. The first kappa shape index (κ1) is 22.3. The second-order valence-electron chi connectivity index (χ2n) is 9.06. The fraction of sp³-hybridized carbons (Fsp3) is 0.360. The van der Waals surface area contributed by atoms with Crippen molar-refractivity contribution in [3.05, 3.63) is 83.7 Å². The molecule has 0 amide bonds. The van der Waals surface area contributed by atoms with E-state index in [0.29, 0.717) is 23.0 Å². The van der Waals surface area contributed by atoms with Gasteiger partial charge in [0.25, 0.3) is 0 Å². The molecule has 4 rings (SSSR count). The summed E-state index contributed by atoms with van der Waals surface area (Å²) in [5.74, 6) is -0.495. The van der Waals surface area contributed by atoms with Gasteiger partial charge in [-0.1, -0.05) is 81.4 Å². The zero-order chi connectivity index (χ0) is 23.0. The summed E-state index contributed by atoms with van der Waals surface area (Å²) in [5.41, 5.74) is 0.989. The van der Waals surface area contributed by atoms with E-state index in [1.54, 1.807) is 6.92 Å². The Hall–Kier alpha value is -2.90. The van der Waals surface area contributed by atoms with E-state index in [1.807, 2.05) is 29.2 Å². The van der Waals surface area contributed by atoms with E-state index in [2.05, 4.69) is 62.2 Å². The molecular weight excluding hydrogens is 420 g/mol. The average Bonchev–Trinajstić information content (AvgIpc) is 3.24. The highest BCUT2D eigenvalue weighted by atomic mass is 28.2.